The molecule has 2 N–H and O–H groups in total. The number of likely N-dealkylation sites (N-methyl/N-ethyl adjacent to an activating group) is 1. The van der Waals surface area contributed by atoms with E-state index < -0.39 is 5.41 Å². The van der Waals surface area contributed by atoms with Crippen molar-refractivity contribution < 1.29 is 14.9 Å². The van der Waals surface area contributed by atoms with E-state index in [1.165, 1.54) is 9.58 Å². The minimum Gasteiger partial charge on any atom is -0.508 e. The van der Waals surface area contributed by atoms with Gasteiger partial charge in [0.25, 0.3) is 0 Å². The van der Waals surface area contributed by atoms with Crippen LogP contribution in [0.25, 0.3) is 0 Å². The average Bonchev–Trinajstić information content (AvgIpc) is 3.77. The number of phenolic OH excluding ortho intramolecular Hbond substituents is 2. The highest BCUT2D eigenvalue weighted by molar-refractivity contribution is 5.97. The van der Waals surface area contributed by atoms with Gasteiger partial charge in [0.05, 0.1) is 17.8 Å². The number of tetrazole rings is 2. The number of benzene rings is 4. The highest BCUT2D eigenvalue weighted by Gasteiger charge is 2.43. The zero-order chi connectivity index (χ0) is 35.8. The van der Waals surface area contributed by atoms with Gasteiger partial charge < -0.3 is 19.8 Å². The maximum Gasteiger partial charge on any atom is 0.173 e. The molecule has 0 spiro atoms. The summed E-state index contributed by atoms with van der Waals surface area (Å²) in [6, 6.07) is 27.7. The van der Waals surface area contributed by atoms with Gasteiger partial charge in [-0.1, -0.05) is 80.6 Å². The fourth-order valence-electron chi connectivity index (χ4n) is 6.18. The predicted octanol–water partition coefficient (Wildman–Crippen LogP) is 4.56. The molecule has 0 saturated carbocycles. The van der Waals surface area contributed by atoms with Crippen molar-refractivity contribution in [3.05, 3.63) is 136 Å². The zero-order valence-corrected chi connectivity index (χ0v) is 28.9. The lowest BCUT2D eigenvalue weighted by atomic mass is 9.63. The summed E-state index contributed by atoms with van der Waals surface area (Å²) in [5, 5.41) is 55.9. The second kappa shape index (κ2) is 15.5. The molecule has 0 atom stereocenters. The van der Waals surface area contributed by atoms with E-state index in [9.17, 15) is 10.2 Å². The molecule has 0 aliphatic carbocycles. The molecule has 0 fully saturated rings. The smallest absolute Gasteiger partial charge is 0.173 e. The van der Waals surface area contributed by atoms with E-state index in [1.54, 1.807) is 50.5 Å². The molecule has 51 heavy (non-hydrogen) atoms. The highest BCUT2D eigenvalue weighted by Crippen LogP contribution is 2.51. The van der Waals surface area contributed by atoms with E-state index in [0.29, 0.717) is 51.8 Å². The molecule has 6 rings (SSSR count). The molecule has 2 aromatic heterocycles. The molecule has 0 aliphatic rings. The third-order valence-electron chi connectivity index (χ3n) is 8.83. The van der Waals surface area contributed by atoms with Gasteiger partial charge in [-0.15, -0.1) is 19.8 Å². The first-order valence-corrected chi connectivity index (χ1v) is 16.6. The fourth-order valence-corrected chi connectivity index (χ4v) is 6.18. The van der Waals surface area contributed by atoms with E-state index in [4.69, 9.17) is 4.74 Å². The van der Waals surface area contributed by atoms with Crippen LogP contribution in [-0.2, 0) is 5.41 Å². The summed E-state index contributed by atoms with van der Waals surface area (Å²) in [6.45, 7) is 11.0. The van der Waals surface area contributed by atoms with E-state index in [-0.39, 0.29) is 11.5 Å². The molecule has 0 radical (unpaired) electrons. The summed E-state index contributed by atoms with van der Waals surface area (Å²) in [5.41, 5.74) is 2.42. The van der Waals surface area contributed by atoms with Crippen LogP contribution in [0.3, 0.4) is 0 Å². The number of para-hydroxylation sites is 2. The van der Waals surface area contributed by atoms with Gasteiger partial charge in [0.1, 0.15) is 23.9 Å². The van der Waals surface area contributed by atoms with Crippen molar-refractivity contribution in [2.75, 3.05) is 26.2 Å². The standard InChI is InChI=1S/C37H39N11O3/c1-5-46(6-2)22-23-51-30-20-18-29(19-21-30)37(33-13-7-9-16-35(33)49,34-14-8-10-17-36(34)50)32-15-11-12-28(24-38-47-26(3)40-42-44-47)31(32)25-39-48-27(4)41-43-45-48/h7-21,24-25,49-50H,5-6,22-23H2,1-4H3. The predicted molar refractivity (Wildman–Crippen MR) is 192 cm³/mol. The topological polar surface area (TPSA) is 165 Å². The molecule has 0 unspecified atom stereocenters. The zero-order valence-electron chi connectivity index (χ0n) is 28.9. The fraction of sp³-hybridized carbons (Fsp3) is 0.243. The number of hydrogen-bond acceptors (Lipinski definition) is 12. The first-order chi connectivity index (χ1) is 24.9. The quantitative estimate of drug-likeness (QED) is 0.123. The van der Waals surface area contributed by atoms with Crippen LogP contribution in [0.2, 0.25) is 0 Å². The van der Waals surface area contributed by atoms with Gasteiger partial charge in [-0.2, -0.15) is 10.2 Å². The lowest BCUT2D eigenvalue weighted by molar-refractivity contribution is 0.223. The SMILES string of the molecule is CCN(CC)CCOc1ccc(C(c2ccccc2O)(c2ccccc2O)c2cccc(C=Nn3nnnc3C)c2C=Nn2nnnc2C)cc1. The summed E-state index contributed by atoms with van der Waals surface area (Å²) < 4.78 is 6.16. The second-order valence-corrected chi connectivity index (χ2v) is 11.7. The summed E-state index contributed by atoms with van der Waals surface area (Å²) in [4.78, 5) is 4.93. The molecule has 0 amide bonds. The Labute approximate surface area is 295 Å². The van der Waals surface area contributed by atoms with Gasteiger partial charge >= 0.3 is 0 Å². The van der Waals surface area contributed by atoms with Crippen molar-refractivity contribution in [1.29, 1.82) is 0 Å². The van der Waals surface area contributed by atoms with Gasteiger partial charge in [-0.25, -0.2) is 0 Å². The first-order valence-electron chi connectivity index (χ1n) is 16.6. The maximum absolute atomic E-state index is 11.7. The minimum atomic E-state index is -1.30. The Morgan fingerprint density at radius 3 is 1.78 bits per heavy atom. The molecule has 0 saturated heterocycles. The third kappa shape index (κ3) is 7.07. The number of aryl methyl sites for hydroxylation is 2. The van der Waals surface area contributed by atoms with Crippen LogP contribution in [0.15, 0.2) is 101 Å². The normalized spacial score (nSPS) is 12.0. The summed E-state index contributed by atoms with van der Waals surface area (Å²) >= 11 is 0. The second-order valence-electron chi connectivity index (χ2n) is 11.7. The van der Waals surface area contributed by atoms with Gasteiger partial charge in [0.15, 0.2) is 11.6 Å². The molecular formula is C37H39N11O3. The molecule has 0 aliphatic heterocycles. The Balaban J connectivity index is 1.63. The molecule has 2 heterocycles. The molecule has 14 heteroatoms. The Morgan fingerprint density at radius 1 is 0.706 bits per heavy atom. The number of hydrogen-bond donors (Lipinski definition) is 2. The third-order valence-corrected chi connectivity index (χ3v) is 8.83. The van der Waals surface area contributed by atoms with Crippen LogP contribution >= 0.6 is 0 Å². The van der Waals surface area contributed by atoms with Crippen LogP contribution < -0.4 is 4.74 Å². The first kappa shape index (κ1) is 34.6. The van der Waals surface area contributed by atoms with Crippen LogP contribution in [0, 0.1) is 13.8 Å². The van der Waals surface area contributed by atoms with Crippen molar-refractivity contribution in [3.63, 3.8) is 0 Å². The van der Waals surface area contributed by atoms with Gasteiger partial charge in [-0.3, -0.25) is 0 Å². The average molecular weight is 686 g/mol. The van der Waals surface area contributed by atoms with Crippen molar-refractivity contribution in [3.8, 4) is 17.2 Å². The van der Waals surface area contributed by atoms with Gasteiger partial charge in [0, 0.05) is 28.8 Å². The Bertz CT molecular complexity index is 2090. The molecule has 6 aromatic rings. The van der Waals surface area contributed by atoms with Gasteiger partial charge in [0.2, 0.25) is 0 Å². The van der Waals surface area contributed by atoms with Crippen LogP contribution in [-0.4, -0.2) is 94.4 Å². The van der Waals surface area contributed by atoms with Crippen molar-refractivity contribution in [2.45, 2.75) is 33.1 Å². The monoisotopic (exact) mass is 685 g/mol. The minimum absolute atomic E-state index is 0.0305. The Kier molecular flexibility index (Phi) is 10.5. The summed E-state index contributed by atoms with van der Waals surface area (Å²) in [6.07, 6.45) is 3.28. The largest absolute Gasteiger partial charge is 0.508 e. The van der Waals surface area contributed by atoms with Crippen molar-refractivity contribution >= 4 is 12.4 Å². The number of nitrogens with zero attached hydrogens (tertiary/aromatic N) is 11. The Morgan fingerprint density at radius 2 is 1.25 bits per heavy atom. The number of phenols is 2. The summed E-state index contributed by atoms with van der Waals surface area (Å²) in [5.74, 6) is 1.74. The van der Waals surface area contributed by atoms with E-state index in [1.807, 2.05) is 66.7 Å². The molecule has 4 aromatic carbocycles. The van der Waals surface area contributed by atoms with Gasteiger partial charge in [-0.05, 0) is 83.2 Å². The van der Waals surface area contributed by atoms with E-state index >= 15 is 0 Å². The summed E-state index contributed by atoms with van der Waals surface area (Å²) in [7, 11) is 0. The number of rotatable bonds is 14. The maximum atomic E-state index is 11.7. The highest BCUT2D eigenvalue weighted by atomic mass is 16.5. The van der Waals surface area contributed by atoms with E-state index in [2.05, 4.69) is 60.0 Å². The van der Waals surface area contributed by atoms with Crippen LogP contribution in [0.5, 0.6) is 17.2 Å². The number of aromatic hydroxyl groups is 2. The van der Waals surface area contributed by atoms with Crippen LogP contribution in [0.1, 0.15) is 58.9 Å². The molecular weight excluding hydrogens is 646 g/mol. The van der Waals surface area contributed by atoms with Crippen molar-refractivity contribution in [1.82, 2.24) is 45.5 Å². The molecule has 260 valence electrons. The lowest BCUT2D eigenvalue weighted by Gasteiger charge is -2.38. The number of aromatic nitrogens is 8. The van der Waals surface area contributed by atoms with Crippen LogP contribution in [0.4, 0.5) is 0 Å². The Hall–Kier alpha value is -6.28. The number of ether oxygens (including phenoxy) is 1. The molecule has 0 bridgehead atoms. The van der Waals surface area contributed by atoms with Crippen molar-refractivity contribution in [2.24, 2.45) is 10.2 Å². The lowest BCUT2D eigenvalue weighted by Crippen LogP contribution is -2.33. The van der Waals surface area contributed by atoms with E-state index in [0.717, 1.165) is 25.2 Å². The molecule has 14 nitrogen and oxygen atoms in total.